The molecule has 3 nitrogen and oxygen atoms in total. The van der Waals surface area contributed by atoms with Gasteiger partial charge in [-0.25, -0.2) is 8.42 Å². The van der Waals surface area contributed by atoms with Crippen LogP contribution in [0.1, 0.15) is 82.9 Å². The zero-order chi connectivity index (χ0) is 25.2. The highest BCUT2D eigenvalue weighted by Crippen LogP contribution is 2.66. The summed E-state index contributed by atoms with van der Waals surface area (Å²) < 4.78 is 35.3. The summed E-state index contributed by atoms with van der Waals surface area (Å²) in [5, 5.41) is 0. The first-order chi connectivity index (χ1) is 16.4. The van der Waals surface area contributed by atoms with E-state index in [9.17, 15) is 8.42 Å². The summed E-state index contributed by atoms with van der Waals surface area (Å²) in [5.41, 5.74) is 3.01. The fourth-order valence-electron chi connectivity index (χ4n) is 7.76. The number of hydrogen-bond acceptors (Lipinski definition) is 3. The molecule has 1 heterocycles. The molecule has 2 aliphatic carbocycles. The highest BCUT2D eigenvalue weighted by Gasteiger charge is 2.61. The van der Waals surface area contributed by atoms with Gasteiger partial charge in [-0.3, -0.25) is 0 Å². The summed E-state index contributed by atoms with van der Waals surface area (Å²) >= 11 is 0. The van der Waals surface area contributed by atoms with Crippen LogP contribution in [-0.4, -0.2) is 14.0 Å². The quantitative estimate of drug-likeness (QED) is 0.438. The molecule has 2 fully saturated rings. The average molecular weight is 493 g/mol. The van der Waals surface area contributed by atoms with Gasteiger partial charge in [0.25, 0.3) is 0 Å². The van der Waals surface area contributed by atoms with Crippen molar-refractivity contribution in [1.82, 2.24) is 0 Å². The molecular formula is C31H40O3S. The van der Waals surface area contributed by atoms with Crippen LogP contribution < -0.4 is 0 Å². The monoisotopic (exact) mass is 492 g/mol. The lowest BCUT2D eigenvalue weighted by molar-refractivity contribution is -0.169. The van der Waals surface area contributed by atoms with Crippen LogP contribution in [0.25, 0.3) is 5.76 Å². The lowest BCUT2D eigenvalue weighted by Crippen LogP contribution is -2.59. The maximum atomic E-state index is 14.2. The van der Waals surface area contributed by atoms with Gasteiger partial charge >= 0.3 is 0 Å². The van der Waals surface area contributed by atoms with Crippen molar-refractivity contribution < 1.29 is 13.2 Å². The standard InChI is InChI=1S/C31H40O3S/c1-21-8-12-23(13-9-21)28-25(35(32,33)24-14-10-22(2)11-15-24)20-27-30(5)18-7-17-29(3,4)26(30)16-19-31(27,6)34-28/h8-15,26-27H,7,16-20H2,1-6H3/t26-,27+,30-,31+/m1/s1. The van der Waals surface area contributed by atoms with E-state index in [0.29, 0.717) is 27.9 Å². The highest BCUT2D eigenvalue weighted by atomic mass is 32.2. The van der Waals surface area contributed by atoms with Crippen molar-refractivity contribution in [3.05, 3.63) is 70.1 Å². The third kappa shape index (κ3) is 3.97. The average Bonchev–Trinajstić information content (AvgIpc) is 2.78. The molecular weight excluding hydrogens is 452 g/mol. The summed E-state index contributed by atoms with van der Waals surface area (Å²) in [6.45, 7) is 13.5. The molecule has 3 aliphatic rings. The topological polar surface area (TPSA) is 43.4 Å². The van der Waals surface area contributed by atoms with E-state index in [1.165, 1.54) is 12.8 Å². The molecule has 0 N–H and O–H groups in total. The van der Waals surface area contributed by atoms with Crippen LogP contribution in [0.4, 0.5) is 0 Å². The van der Waals surface area contributed by atoms with E-state index in [2.05, 4.69) is 27.7 Å². The maximum absolute atomic E-state index is 14.2. The van der Waals surface area contributed by atoms with Crippen molar-refractivity contribution in [3.63, 3.8) is 0 Å². The Bertz CT molecular complexity index is 1250. The molecule has 0 unspecified atom stereocenters. The van der Waals surface area contributed by atoms with Gasteiger partial charge in [-0.15, -0.1) is 0 Å². The molecule has 0 bridgehead atoms. The second kappa shape index (κ2) is 8.23. The Kier molecular flexibility index (Phi) is 5.79. The van der Waals surface area contributed by atoms with Crippen LogP contribution in [0, 0.1) is 36.5 Å². The van der Waals surface area contributed by atoms with Crippen LogP contribution in [0.3, 0.4) is 0 Å². The molecule has 2 aromatic rings. The van der Waals surface area contributed by atoms with Crippen molar-refractivity contribution >= 4 is 15.6 Å². The molecule has 0 aromatic heterocycles. The van der Waals surface area contributed by atoms with Crippen molar-refractivity contribution in [2.24, 2.45) is 22.7 Å². The Hall–Kier alpha value is -2.07. The molecule has 188 valence electrons. The van der Waals surface area contributed by atoms with Gasteiger partial charge in [0.1, 0.15) is 11.4 Å². The second-order valence-electron chi connectivity index (χ2n) is 12.5. The summed E-state index contributed by atoms with van der Waals surface area (Å²) in [6.07, 6.45) is 6.23. The van der Waals surface area contributed by atoms with E-state index in [4.69, 9.17) is 4.74 Å². The SMILES string of the molecule is Cc1ccc(C2=C(S(=O)(=O)c3ccc(C)cc3)C[C@H]3[C@]4(C)CCCC(C)(C)[C@H]4CC[C@]3(C)O2)cc1. The number of rotatable bonds is 3. The molecule has 4 heteroatoms. The number of benzene rings is 2. The number of ether oxygens (including phenoxy) is 1. The fraction of sp³-hybridized carbons (Fsp3) is 0.548. The summed E-state index contributed by atoms with van der Waals surface area (Å²) in [5.74, 6) is 1.30. The van der Waals surface area contributed by atoms with Gasteiger partial charge in [-0.2, -0.15) is 0 Å². The Morgan fingerprint density at radius 2 is 1.40 bits per heavy atom. The fourth-order valence-corrected chi connectivity index (χ4v) is 9.33. The van der Waals surface area contributed by atoms with E-state index >= 15 is 0 Å². The highest BCUT2D eigenvalue weighted by molar-refractivity contribution is 7.95. The Morgan fingerprint density at radius 3 is 2.03 bits per heavy atom. The van der Waals surface area contributed by atoms with Crippen molar-refractivity contribution in [3.8, 4) is 0 Å². The maximum Gasteiger partial charge on any atom is 0.206 e. The van der Waals surface area contributed by atoms with Crippen molar-refractivity contribution in [1.29, 1.82) is 0 Å². The molecule has 5 rings (SSSR count). The normalized spacial score (nSPS) is 32.4. The Morgan fingerprint density at radius 1 is 0.800 bits per heavy atom. The minimum atomic E-state index is -3.70. The molecule has 0 radical (unpaired) electrons. The largest absolute Gasteiger partial charge is 0.486 e. The van der Waals surface area contributed by atoms with Crippen LogP contribution >= 0.6 is 0 Å². The molecule has 0 spiro atoms. The van der Waals surface area contributed by atoms with Crippen LogP contribution in [0.5, 0.6) is 0 Å². The number of aryl methyl sites for hydroxylation is 2. The first-order valence-corrected chi connectivity index (χ1v) is 14.7. The third-order valence-electron chi connectivity index (χ3n) is 9.69. The summed E-state index contributed by atoms with van der Waals surface area (Å²) in [4.78, 5) is 0.814. The molecule has 2 aromatic carbocycles. The zero-order valence-electron chi connectivity index (χ0n) is 22.1. The van der Waals surface area contributed by atoms with Gasteiger partial charge in [0, 0.05) is 11.5 Å². The van der Waals surface area contributed by atoms with Crippen LogP contribution in [-0.2, 0) is 14.6 Å². The number of sulfone groups is 1. The van der Waals surface area contributed by atoms with Crippen molar-refractivity contribution in [2.75, 3.05) is 0 Å². The Balaban J connectivity index is 1.69. The molecule has 0 saturated heterocycles. The van der Waals surface area contributed by atoms with E-state index in [1.54, 1.807) is 12.1 Å². The van der Waals surface area contributed by atoms with E-state index < -0.39 is 9.84 Å². The van der Waals surface area contributed by atoms with Gasteiger partial charge < -0.3 is 4.74 Å². The number of allylic oxidation sites excluding steroid dienone is 1. The van der Waals surface area contributed by atoms with Gasteiger partial charge in [0.05, 0.1) is 9.80 Å². The predicted octanol–water partition coefficient (Wildman–Crippen LogP) is 7.87. The van der Waals surface area contributed by atoms with Gasteiger partial charge in [-0.1, -0.05) is 74.7 Å². The van der Waals surface area contributed by atoms with Crippen LogP contribution in [0.2, 0.25) is 0 Å². The minimum absolute atomic E-state index is 0.0571. The Labute approximate surface area is 211 Å². The van der Waals surface area contributed by atoms with Crippen molar-refractivity contribution in [2.45, 2.75) is 90.6 Å². The van der Waals surface area contributed by atoms with Gasteiger partial charge in [0.15, 0.2) is 0 Å². The second-order valence-corrected chi connectivity index (χ2v) is 14.5. The smallest absolute Gasteiger partial charge is 0.206 e. The third-order valence-corrected chi connectivity index (χ3v) is 11.6. The lowest BCUT2D eigenvalue weighted by atomic mass is 9.45. The molecule has 2 saturated carbocycles. The summed E-state index contributed by atoms with van der Waals surface area (Å²) in [6, 6.07) is 15.4. The van der Waals surface area contributed by atoms with Gasteiger partial charge in [0.2, 0.25) is 9.84 Å². The zero-order valence-corrected chi connectivity index (χ0v) is 23.0. The first kappa shape index (κ1) is 24.6. The molecule has 1 aliphatic heterocycles. The lowest BCUT2D eigenvalue weighted by Gasteiger charge is -2.63. The van der Waals surface area contributed by atoms with E-state index in [0.717, 1.165) is 36.0 Å². The summed E-state index contributed by atoms with van der Waals surface area (Å²) in [7, 11) is -3.70. The van der Waals surface area contributed by atoms with E-state index in [-0.39, 0.29) is 22.3 Å². The minimum Gasteiger partial charge on any atom is -0.486 e. The molecule has 35 heavy (non-hydrogen) atoms. The molecule has 4 atom stereocenters. The van der Waals surface area contributed by atoms with E-state index in [1.807, 2.05) is 50.2 Å². The molecule has 0 amide bonds. The number of fused-ring (bicyclic) bond motifs is 3. The number of hydrogen-bond donors (Lipinski definition) is 0. The predicted molar refractivity (Wildman–Crippen MR) is 143 cm³/mol. The van der Waals surface area contributed by atoms with Crippen LogP contribution in [0.15, 0.2) is 58.3 Å². The first-order valence-electron chi connectivity index (χ1n) is 13.2. The van der Waals surface area contributed by atoms with Gasteiger partial charge in [-0.05, 0) is 81.8 Å².